The summed E-state index contributed by atoms with van der Waals surface area (Å²) < 4.78 is 5.90. The Bertz CT molecular complexity index is 149. The van der Waals surface area contributed by atoms with Gasteiger partial charge in [-0.15, -0.1) is 0 Å². The zero-order valence-electron chi connectivity index (χ0n) is 7.71. The van der Waals surface area contributed by atoms with Crippen molar-refractivity contribution >= 4 is 0 Å². The van der Waals surface area contributed by atoms with Gasteiger partial charge in [0, 0.05) is 0 Å². The summed E-state index contributed by atoms with van der Waals surface area (Å²) in [7, 11) is 0. The summed E-state index contributed by atoms with van der Waals surface area (Å²) in [5.41, 5.74) is 0. The van der Waals surface area contributed by atoms with Crippen molar-refractivity contribution in [2.45, 2.75) is 45.8 Å². The van der Waals surface area contributed by atoms with Crippen molar-refractivity contribution < 1.29 is 4.74 Å². The maximum absolute atomic E-state index is 5.90. The SMILES string of the molecule is CCC1CC2OC1C(C)C2C. The number of rotatable bonds is 1. The van der Waals surface area contributed by atoms with Gasteiger partial charge in [-0.2, -0.15) is 0 Å². The highest BCUT2D eigenvalue weighted by Gasteiger charge is 2.49. The van der Waals surface area contributed by atoms with Crippen molar-refractivity contribution in [1.82, 2.24) is 0 Å². The maximum Gasteiger partial charge on any atom is 0.0637 e. The molecule has 0 spiro atoms. The third-order valence-corrected chi connectivity index (χ3v) is 3.79. The van der Waals surface area contributed by atoms with Gasteiger partial charge >= 0.3 is 0 Å². The third-order valence-electron chi connectivity index (χ3n) is 3.79. The van der Waals surface area contributed by atoms with Crippen molar-refractivity contribution in [3.8, 4) is 0 Å². The lowest BCUT2D eigenvalue weighted by Gasteiger charge is -2.27. The Hall–Kier alpha value is -0.0400. The van der Waals surface area contributed by atoms with Crippen LogP contribution in [0, 0.1) is 17.8 Å². The van der Waals surface area contributed by atoms with Crippen LogP contribution in [0.1, 0.15) is 33.6 Å². The zero-order valence-corrected chi connectivity index (χ0v) is 7.71. The molecule has 2 rings (SSSR count). The standard InChI is InChI=1S/C10H18O/c1-4-8-5-9-6(2)7(3)10(8)11-9/h6-10H,4-5H2,1-3H3. The second-order valence-corrected chi connectivity index (χ2v) is 4.26. The lowest BCUT2D eigenvalue weighted by molar-refractivity contribution is 0.0764. The summed E-state index contributed by atoms with van der Waals surface area (Å²) in [4.78, 5) is 0. The average molecular weight is 154 g/mol. The van der Waals surface area contributed by atoms with Gasteiger partial charge in [-0.3, -0.25) is 0 Å². The largest absolute Gasteiger partial charge is 0.374 e. The molecular formula is C10H18O. The molecule has 2 heterocycles. The van der Waals surface area contributed by atoms with Crippen LogP contribution in [-0.2, 0) is 4.74 Å². The molecule has 64 valence electrons. The molecule has 0 aromatic carbocycles. The van der Waals surface area contributed by atoms with E-state index in [1.165, 1.54) is 12.8 Å². The minimum Gasteiger partial charge on any atom is -0.374 e. The Morgan fingerprint density at radius 3 is 2.45 bits per heavy atom. The van der Waals surface area contributed by atoms with Crippen LogP contribution in [0.5, 0.6) is 0 Å². The monoisotopic (exact) mass is 154 g/mol. The molecule has 11 heavy (non-hydrogen) atoms. The molecule has 2 bridgehead atoms. The van der Waals surface area contributed by atoms with E-state index in [1.807, 2.05) is 0 Å². The molecule has 0 radical (unpaired) electrons. The van der Waals surface area contributed by atoms with E-state index in [0.29, 0.717) is 12.2 Å². The molecule has 5 unspecified atom stereocenters. The predicted molar refractivity (Wildman–Crippen MR) is 45.4 cm³/mol. The summed E-state index contributed by atoms with van der Waals surface area (Å²) in [6, 6.07) is 0. The van der Waals surface area contributed by atoms with Gasteiger partial charge in [0.05, 0.1) is 12.2 Å². The predicted octanol–water partition coefficient (Wildman–Crippen LogP) is 2.46. The average Bonchev–Trinajstić information content (AvgIpc) is 2.53. The molecule has 0 aromatic rings. The van der Waals surface area contributed by atoms with Crippen molar-refractivity contribution in [3.05, 3.63) is 0 Å². The van der Waals surface area contributed by atoms with Crippen LogP contribution in [0.2, 0.25) is 0 Å². The summed E-state index contributed by atoms with van der Waals surface area (Å²) in [5, 5.41) is 0. The third kappa shape index (κ3) is 0.936. The van der Waals surface area contributed by atoms with E-state index in [-0.39, 0.29) is 0 Å². The van der Waals surface area contributed by atoms with Crippen molar-refractivity contribution in [3.63, 3.8) is 0 Å². The Labute approximate surface area is 69.1 Å². The number of fused-ring (bicyclic) bond motifs is 2. The van der Waals surface area contributed by atoms with Crippen molar-refractivity contribution in [2.75, 3.05) is 0 Å². The zero-order chi connectivity index (χ0) is 8.01. The lowest BCUT2D eigenvalue weighted by Crippen LogP contribution is -2.29. The molecule has 5 atom stereocenters. The van der Waals surface area contributed by atoms with E-state index in [0.717, 1.165) is 17.8 Å². The molecule has 0 aromatic heterocycles. The van der Waals surface area contributed by atoms with E-state index in [2.05, 4.69) is 20.8 Å². The minimum atomic E-state index is 0.597. The second kappa shape index (κ2) is 2.48. The highest BCUT2D eigenvalue weighted by Crippen LogP contribution is 2.47. The molecule has 1 nitrogen and oxygen atoms in total. The summed E-state index contributed by atoms with van der Waals surface area (Å²) >= 11 is 0. The van der Waals surface area contributed by atoms with Gasteiger partial charge in [-0.1, -0.05) is 27.2 Å². The fourth-order valence-electron chi connectivity index (χ4n) is 2.73. The number of hydrogen-bond acceptors (Lipinski definition) is 1. The molecule has 1 heteroatoms. The lowest BCUT2D eigenvalue weighted by atomic mass is 9.75. The van der Waals surface area contributed by atoms with Crippen LogP contribution in [0.25, 0.3) is 0 Å². The van der Waals surface area contributed by atoms with E-state index in [4.69, 9.17) is 4.74 Å². The summed E-state index contributed by atoms with van der Waals surface area (Å²) in [5.74, 6) is 2.48. The maximum atomic E-state index is 5.90. The van der Waals surface area contributed by atoms with Crippen molar-refractivity contribution in [2.24, 2.45) is 17.8 Å². The minimum absolute atomic E-state index is 0.597. The smallest absolute Gasteiger partial charge is 0.0637 e. The first-order valence-corrected chi connectivity index (χ1v) is 4.89. The molecule has 0 amide bonds. The second-order valence-electron chi connectivity index (χ2n) is 4.26. The molecule has 2 aliphatic rings. The summed E-state index contributed by atoms with van der Waals surface area (Å²) in [6.45, 7) is 6.96. The van der Waals surface area contributed by atoms with Crippen LogP contribution >= 0.6 is 0 Å². The van der Waals surface area contributed by atoms with Crippen LogP contribution in [0.3, 0.4) is 0 Å². The molecule has 2 fully saturated rings. The Morgan fingerprint density at radius 2 is 2.00 bits per heavy atom. The quantitative estimate of drug-likeness (QED) is 0.563. The Balaban J connectivity index is 2.10. The van der Waals surface area contributed by atoms with Gasteiger partial charge in [0.1, 0.15) is 0 Å². The van der Waals surface area contributed by atoms with Crippen LogP contribution in [0.4, 0.5) is 0 Å². The Kier molecular flexibility index (Phi) is 1.71. The number of hydrogen-bond donors (Lipinski definition) is 0. The van der Waals surface area contributed by atoms with E-state index < -0.39 is 0 Å². The highest BCUT2D eigenvalue weighted by molar-refractivity contribution is 4.96. The van der Waals surface area contributed by atoms with Gasteiger partial charge in [0.2, 0.25) is 0 Å². The first-order valence-electron chi connectivity index (χ1n) is 4.89. The summed E-state index contributed by atoms with van der Waals surface area (Å²) in [6.07, 6.45) is 3.82. The van der Waals surface area contributed by atoms with Crippen LogP contribution in [0.15, 0.2) is 0 Å². The first kappa shape index (κ1) is 7.60. The van der Waals surface area contributed by atoms with Gasteiger partial charge in [-0.25, -0.2) is 0 Å². The van der Waals surface area contributed by atoms with Gasteiger partial charge in [0.25, 0.3) is 0 Å². The van der Waals surface area contributed by atoms with Crippen molar-refractivity contribution in [1.29, 1.82) is 0 Å². The Morgan fingerprint density at radius 1 is 1.27 bits per heavy atom. The first-order chi connectivity index (χ1) is 5.24. The molecule has 0 N–H and O–H groups in total. The van der Waals surface area contributed by atoms with Crippen LogP contribution < -0.4 is 0 Å². The molecular weight excluding hydrogens is 136 g/mol. The fraction of sp³-hybridized carbons (Fsp3) is 1.00. The van der Waals surface area contributed by atoms with E-state index in [9.17, 15) is 0 Å². The normalized spacial score (nSPS) is 55.4. The fourth-order valence-corrected chi connectivity index (χ4v) is 2.73. The molecule has 2 aliphatic heterocycles. The highest BCUT2D eigenvalue weighted by atomic mass is 16.5. The molecule has 0 saturated carbocycles. The topological polar surface area (TPSA) is 9.23 Å². The van der Waals surface area contributed by atoms with E-state index >= 15 is 0 Å². The van der Waals surface area contributed by atoms with Gasteiger partial charge < -0.3 is 4.74 Å². The van der Waals surface area contributed by atoms with E-state index in [1.54, 1.807) is 0 Å². The van der Waals surface area contributed by atoms with Crippen LogP contribution in [-0.4, -0.2) is 12.2 Å². The molecule has 2 saturated heterocycles. The van der Waals surface area contributed by atoms with Gasteiger partial charge in [0.15, 0.2) is 0 Å². The number of ether oxygens (including phenoxy) is 1. The van der Waals surface area contributed by atoms with Gasteiger partial charge in [-0.05, 0) is 24.2 Å². The molecule has 0 aliphatic carbocycles.